The highest BCUT2D eigenvalue weighted by atomic mass is 16.3. The molecule has 1 atom stereocenters. The van der Waals surface area contributed by atoms with Gasteiger partial charge in [0.15, 0.2) is 5.76 Å². The van der Waals surface area contributed by atoms with E-state index in [1.165, 1.54) is 0 Å². The number of fused-ring (bicyclic) bond motifs is 1. The van der Waals surface area contributed by atoms with Crippen LogP contribution in [-0.2, 0) is 0 Å². The normalized spacial score (nSPS) is 12.3. The van der Waals surface area contributed by atoms with Gasteiger partial charge >= 0.3 is 0 Å². The lowest BCUT2D eigenvalue weighted by Crippen LogP contribution is -2.30. The summed E-state index contributed by atoms with van der Waals surface area (Å²) in [5.41, 5.74) is 1.84. The lowest BCUT2D eigenvalue weighted by molar-refractivity contribution is 0.0925. The molecule has 5 nitrogen and oxygen atoms in total. The number of aliphatic hydroxyl groups excluding tert-OH is 1. The Morgan fingerprint density at radius 1 is 1.32 bits per heavy atom. The third-order valence-electron chi connectivity index (χ3n) is 3.29. The second-order valence-corrected chi connectivity index (χ2v) is 5.11. The molecule has 1 unspecified atom stereocenters. The van der Waals surface area contributed by atoms with E-state index < -0.39 is 6.10 Å². The molecule has 1 amide bonds. The van der Waals surface area contributed by atoms with Crippen LogP contribution in [-0.4, -0.2) is 28.6 Å². The second-order valence-electron chi connectivity index (χ2n) is 5.11. The van der Waals surface area contributed by atoms with Crippen LogP contribution in [0.4, 0.5) is 0 Å². The molecule has 0 aliphatic carbocycles. The molecular weight excluding hydrogens is 280 g/mol. The molecule has 0 fully saturated rings. The maximum atomic E-state index is 12.4. The molecule has 5 heteroatoms. The molecule has 22 heavy (non-hydrogen) atoms. The van der Waals surface area contributed by atoms with Gasteiger partial charge in [-0.25, -0.2) is 4.98 Å². The minimum Gasteiger partial charge on any atom is -0.463 e. The van der Waals surface area contributed by atoms with E-state index in [0.29, 0.717) is 17.0 Å². The predicted octanol–water partition coefficient (Wildman–Crippen LogP) is 2.61. The van der Waals surface area contributed by atoms with Crippen LogP contribution in [0.2, 0.25) is 0 Å². The first-order valence-corrected chi connectivity index (χ1v) is 7.05. The fourth-order valence-electron chi connectivity index (χ4n) is 2.25. The number of aliphatic hydroxyl groups is 1. The van der Waals surface area contributed by atoms with Crippen LogP contribution >= 0.6 is 0 Å². The van der Waals surface area contributed by atoms with Gasteiger partial charge in [0.05, 0.1) is 23.4 Å². The SMILES string of the molecule is CC(O)CNC(=O)c1cc(-c2ccco2)nc2ccccc12. The summed E-state index contributed by atoms with van der Waals surface area (Å²) in [5.74, 6) is 0.364. The molecule has 0 saturated carbocycles. The summed E-state index contributed by atoms with van der Waals surface area (Å²) < 4.78 is 5.37. The summed E-state index contributed by atoms with van der Waals surface area (Å²) in [6.45, 7) is 1.82. The summed E-state index contributed by atoms with van der Waals surface area (Å²) in [7, 11) is 0. The number of rotatable bonds is 4. The van der Waals surface area contributed by atoms with E-state index in [0.717, 1.165) is 10.9 Å². The fraction of sp³-hybridized carbons (Fsp3) is 0.176. The van der Waals surface area contributed by atoms with Crippen molar-refractivity contribution in [2.75, 3.05) is 6.54 Å². The maximum Gasteiger partial charge on any atom is 0.252 e. The molecule has 2 heterocycles. The van der Waals surface area contributed by atoms with Crippen molar-refractivity contribution in [3.8, 4) is 11.5 Å². The molecule has 0 aliphatic heterocycles. The molecule has 3 rings (SSSR count). The van der Waals surface area contributed by atoms with Crippen LogP contribution in [0.3, 0.4) is 0 Å². The van der Waals surface area contributed by atoms with Crippen LogP contribution < -0.4 is 5.32 Å². The summed E-state index contributed by atoms with van der Waals surface area (Å²) in [6.07, 6.45) is 0.973. The Bertz CT molecular complexity index is 795. The van der Waals surface area contributed by atoms with Gasteiger partial charge in [-0.2, -0.15) is 0 Å². The van der Waals surface area contributed by atoms with Gasteiger partial charge in [-0.15, -0.1) is 0 Å². The Morgan fingerprint density at radius 2 is 2.14 bits per heavy atom. The highest BCUT2D eigenvalue weighted by Crippen LogP contribution is 2.25. The number of carbonyl (C=O) groups is 1. The van der Waals surface area contributed by atoms with E-state index >= 15 is 0 Å². The number of nitrogens with one attached hydrogen (secondary N) is 1. The quantitative estimate of drug-likeness (QED) is 0.776. The third kappa shape index (κ3) is 2.84. The minimum absolute atomic E-state index is 0.200. The van der Waals surface area contributed by atoms with Gasteiger partial charge < -0.3 is 14.8 Å². The number of hydrogen-bond acceptors (Lipinski definition) is 4. The molecular formula is C17H16N2O3. The monoisotopic (exact) mass is 296 g/mol. The van der Waals surface area contributed by atoms with E-state index in [1.807, 2.05) is 24.3 Å². The minimum atomic E-state index is -0.596. The van der Waals surface area contributed by atoms with Crippen molar-refractivity contribution in [1.82, 2.24) is 10.3 Å². The number of benzene rings is 1. The first-order chi connectivity index (χ1) is 10.6. The number of aromatic nitrogens is 1. The lowest BCUT2D eigenvalue weighted by atomic mass is 10.1. The Morgan fingerprint density at radius 3 is 2.86 bits per heavy atom. The third-order valence-corrected chi connectivity index (χ3v) is 3.29. The Kier molecular flexibility index (Phi) is 3.89. The Hall–Kier alpha value is -2.66. The molecule has 0 aliphatic rings. The lowest BCUT2D eigenvalue weighted by Gasteiger charge is -2.10. The van der Waals surface area contributed by atoms with Crippen LogP contribution in [0, 0.1) is 0 Å². The van der Waals surface area contributed by atoms with Crippen molar-refractivity contribution in [3.05, 3.63) is 54.3 Å². The first-order valence-electron chi connectivity index (χ1n) is 7.05. The maximum absolute atomic E-state index is 12.4. The predicted molar refractivity (Wildman–Crippen MR) is 83.5 cm³/mol. The van der Waals surface area contributed by atoms with Crippen molar-refractivity contribution in [1.29, 1.82) is 0 Å². The van der Waals surface area contributed by atoms with Crippen molar-refractivity contribution >= 4 is 16.8 Å². The van der Waals surface area contributed by atoms with Crippen LogP contribution in [0.5, 0.6) is 0 Å². The standard InChI is InChI=1S/C17H16N2O3/c1-11(20)10-18-17(21)13-9-15(16-7-4-8-22-16)19-14-6-3-2-5-12(13)14/h2-9,11,20H,10H2,1H3,(H,18,21). The van der Waals surface area contributed by atoms with Gasteiger partial charge in [-0.05, 0) is 31.2 Å². The van der Waals surface area contributed by atoms with Gasteiger partial charge in [0, 0.05) is 11.9 Å². The zero-order chi connectivity index (χ0) is 15.5. The molecule has 112 valence electrons. The number of nitrogens with zero attached hydrogens (tertiary/aromatic N) is 1. The number of carbonyl (C=O) groups excluding carboxylic acids is 1. The fourth-order valence-corrected chi connectivity index (χ4v) is 2.25. The van der Waals surface area contributed by atoms with Crippen LogP contribution in [0.1, 0.15) is 17.3 Å². The highest BCUT2D eigenvalue weighted by Gasteiger charge is 2.15. The number of pyridine rings is 1. The molecule has 2 N–H and O–H groups in total. The topological polar surface area (TPSA) is 75.4 Å². The highest BCUT2D eigenvalue weighted by molar-refractivity contribution is 6.07. The van der Waals surface area contributed by atoms with Gasteiger partial charge in [0.25, 0.3) is 5.91 Å². The smallest absolute Gasteiger partial charge is 0.252 e. The van der Waals surface area contributed by atoms with E-state index in [1.54, 1.807) is 31.4 Å². The number of amides is 1. The molecule has 0 saturated heterocycles. The number of para-hydroxylation sites is 1. The average molecular weight is 296 g/mol. The van der Waals surface area contributed by atoms with Crippen molar-refractivity contribution in [3.63, 3.8) is 0 Å². The summed E-state index contributed by atoms with van der Waals surface area (Å²) in [6, 6.07) is 12.7. The van der Waals surface area contributed by atoms with E-state index in [-0.39, 0.29) is 12.5 Å². The summed E-state index contributed by atoms with van der Waals surface area (Å²) >= 11 is 0. The summed E-state index contributed by atoms with van der Waals surface area (Å²) in [4.78, 5) is 16.9. The van der Waals surface area contributed by atoms with Gasteiger partial charge in [-0.1, -0.05) is 18.2 Å². The molecule has 1 aromatic carbocycles. The second kappa shape index (κ2) is 5.99. The summed E-state index contributed by atoms with van der Waals surface area (Å²) in [5, 5.41) is 12.8. The average Bonchev–Trinajstić information content (AvgIpc) is 3.06. The Labute approximate surface area is 127 Å². The van der Waals surface area contributed by atoms with Crippen LogP contribution in [0.15, 0.2) is 53.1 Å². The van der Waals surface area contributed by atoms with E-state index in [4.69, 9.17) is 4.42 Å². The van der Waals surface area contributed by atoms with Gasteiger partial charge in [0.2, 0.25) is 0 Å². The zero-order valence-electron chi connectivity index (χ0n) is 12.1. The number of hydrogen-bond donors (Lipinski definition) is 2. The number of furan rings is 1. The molecule has 0 bridgehead atoms. The van der Waals surface area contributed by atoms with E-state index in [2.05, 4.69) is 10.3 Å². The molecule has 0 radical (unpaired) electrons. The Balaban J connectivity index is 2.08. The first kappa shape index (κ1) is 14.3. The largest absolute Gasteiger partial charge is 0.463 e. The van der Waals surface area contributed by atoms with Crippen LogP contribution in [0.25, 0.3) is 22.4 Å². The van der Waals surface area contributed by atoms with Gasteiger partial charge in [-0.3, -0.25) is 4.79 Å². The van der Waals surface area contributed by atoms with Crippen molar-refractivity contribution in [2.45, 2.75) is 13.0 Å². The molecule has 2 aromatic heterocycles. The zero-order valence-corrected chi connectivity index (χ0v) is 12.1. The molecule has 0 spiro atoms. The van der Waals surface area contributed by atoms with Crippen molar-refractivity contribution in [2.24, 2.45) is 0 Å². The van der Waals surface area contributed by atoms with Crippen molar-refractivity contribution < 1.29 is 14.3 Å². The van der Waals surface area contributed by atoms with E-state index in [9.17, 15) is 9.90 Å². The molecule has 3 aromatic rings. The van der Waals surface area contributed by atoms with Gasteiger partial charge in [0.1, 0.15) is 5.69 Å².